The lowest BCUT2D eigenvalue weighted by Crippen LogP contribution is -2.51. The van der Waals surface area contributed by atoms with Gasteiger partial charge in [0.2, 0.25) is 0 Å². The first-order chi connectivity index (χ1) is 10.3. The summed E-state index contributed by atoms with van der Waals surface area (Å²) in [6.45, 7) is 6.52. The van der Waals surface area contributed by atoms with Gasteiger partial charge in [-0.15, -0.1) is 0 Å². The molecule has 1 saturated carbocycles. The zero-order valence-corrected chi connectivity index (χ0v) is 13.1. The van der Waals surface area contributed by atoms with E-state index in [2.05, 4.69) is 47.5 Å². The fourth-order valence-corrected chi connectivity index (χ4v) is 3.60. The van der Waals surface area contributed by atoms with Gasteiger partial charge in [-0.2, -0.15) is 0 Å². The molecule has 3 rings (SSSR count). The molecular formula is C18H28N2O. The monoisotopic (exact) mass is 288 g/mol. The fraction of sp³-hybridized carbons (Fsp3) is 0.667. The number of ether oxygens (including phenoxy) is 1. The Bertz CT molecular complexity index is 416. The molecule has 3 heteroatoms. The maximum absolute atomic E-state index is 5.71. The van der Waals surface area contributed by atoms with Crippen LogP contribution in [0, 0.1) is 0 Å². The maximum atomic E-state index is 5.71. The zero-order valence-electron chi connectivity index (χ0n) is 13.1. The van der Waals surface area contributed by atoms with Crippen LogP contribution in [0.15, 0.2) is 30.3 Å². The van der Waals surface area contributed by atoms with E-state index in [1.165, 1.54) is 37.9 Å². The summed E-state index contributed by atoms with van der Waals surface area (Å²) in [6.07, 6.45) is 5.38. The van der Waals surface area contributed by atoms with E-state index in [0.717, 1.165) is 25.6 Å². The van der Waals surface area contributed by atoms with Gasteiger partial charge in [0.25, 0.3) is 0 Å². The van der Waals surface area contributed by atoms with Crippen molar-refractivity contribution in [2.45, 2.75) is 50.8 Å². The van der Waals surface area contributed by atoms with Crippen molar-refractivity contribution in [2.75, 3.05) is 26.2 Å². The number of hydrogen-bond donors (Lipinski definition) is 1. The molecule has 0 amide bonds. The number of benzene rings is 1. The second-order valence-electron chi connectivity index (χ2n) is 6.39. The predicted octanol–water partition coefficient (Wildman–Crippen LogP) is 2.46. The molecule has 1 saturated heterocycles. The standard InChI is InChI=1S/C18H28N2O/c1-2-21-18-12-17(13-18)20-10-6-9-19-16(14-20)11-15-7-4-3-5-8-15/h3-5,7-8,16-19H,2,6,9-14H2,1H3. The summed E-state index contributed by atoms with van der Waals surface area (Å²) in [6, 6.07) is 12.2. The van der Waals surface area contributed by atoms with E-state index in [1.54, 1.807) is 0 Å². The highest BCUT2D eigenvalue weighted by Gasteiger charge is 2.35. The smallest absolute Gasteiger partial charge is 0.0604 e. The van der Waals surface area contributed by atoms with Crippen LogP contribution in [0.2, 0.25) is 0 Å². The van der Waals surface area contributed by atoms with Gasteiger partial charge in [0, 0.05) is 25.2 Å². The lowest BCUT2D eigenvalue weighted by atomic mass is 9.87. The lowest BCUT2D eigenvalue weighted by molar-refractivity contribution is -0.0465. The third-order valence-electron chi connectivity index (χ3n) is 4.82. The third kappa shape index (κ3) is 4.06. The molecule has 2 fully saturated rings. The van der Waals surface area contributed by atoms with Crippen molar-refractivity contribution in [3.63, 3.8) is 0 Å². The molecule has 1 heterocycles. The van der Waals surface area contributed by atoms with E-state index < -0.39 is 0 Å². The van der Waals surface area contributed by atoms with Gasteiger partial charge in [0.05, 0.1) is 6.10 Å². The van der Waals surface area contributed by atoms with Crippen molar-refractivity contribution in [1.29, 1.82) is 0 Å². The molecule has 1 aliphatic carbocycles. The van der Waals surface area contributed by atoms with E-state index in [9.17, 15) is 0 Å². The molecule has 0 bridgehead atoms. The topological polar surface area (TPSA) is 24.5 Å². The van der Waals surface area contributed by atoms with Gasteiger partial charge in [-0.1, -0.05) is 30.3 Å². The van der Waals surface area contributed by atoms with Crippen LogP contribution in [-0.4, -0.2) is 49.3 Å². The van der Waals surface area contributed by atoms with Gasteiger partial charge in [-0.25, -0.2) is 0 Å². The number of rotatable bonds is 5. The molecule has 1 aliphatic heterocycles. The van der Waals surface area contributed by atoms with Crippen molar-refractivity contribution in [1.82, 2.24) is 10.2 Å². The second-order valence-corrected chi connectivity index (χ2v) is 6.39. The number of nitrogens with zero attached hydrogens (tertiary/aromatic N) is 1. The summed E-state index contributed by atoms with van der Waals surface area (Å²) in [5, 5.41) is 3.73. The van der Waals surface area contributed by atoms with Gasteiger partial charge < -0.3 is 10.1 Å². The van der Waals surface area contributed by atoms with Gasteiger partial charge in [-0.3, -0.25) is 4.90 Å². The van der Waals surface area contributed by atoms with Gasteiger partial charge >= 0.3 is 0 Å². The summed E-state index contributed by atoms with van der Waals surface area (Å²) in [7, 11) is 0. The van der Waals surface area contributed by atoms with Gasteiger partial charge in [-0.05, 0) is 51.3 Å². The van der Waals surface area contributed by atoms with Crippen molar-refractivity contribution < 1.29 is 4.74 Å². The number of hydrogen-bond acceptors (Lipinski definition) is 3. The molecule has 1 aromatic rings. The summed E-state index contributed by atoms with van der Waals surface area (Å²) in [5.74, 6) is 0. The highest BCUT2D eigenvalue weighted by Crippen LogP contribution is 2.29. The highest BCUT2D eigenvalue weighted by molar-refractivity contribution is 5.16. The summed E-state index contributed by atoms with van der Waals surface area (Å²) < 4.78 is 5.71. The van der Waals surface area contributed by atoms with Crippen molar-refractivity contribution in [2.24, 2.45) is 0 Å². The molecule has 0 aromatic heterocycles. The first-order valence-corrected chi connectivity index (χ1v) is 8.48. The molecule has 1 unspecified atom stereocenters. The van der Waals surface area contributed by atoms with Crippen LogP contribution in [0.1, 0.15) is 31.7 Å². The Morgan fingerprint density at radius 2 is 2.05 bits per heavy atom. The van der Waals surface area contributed by atoms with Crippen LogP contribution in [0.25, 0.3) is 0 Å². The third-order valence-corrected chi connectivity index (χ3v) is 4.82. The normalized spacial score (nSPS) is 30.6. The fourth-order valence-electron chi connectivity index (χ4n) is 3.60. The molecule has 2 aliphatic rings. The molecule has 3 nitrogen and oxygen atoms in total. The van der Waals surface area contributed by atoms with Crippen molar-refractivity contribution >= 4 is 0 Å². The molecular weight excluding hydrogens is 260 g/mol. The first kappa shape index (κ1) is 15.0. The molecule has 1 aromatic carbocycles. The Morgan fingerprint density at radius 1 is 1.24 bits per heavy atom. The zero-order chi connectivity index (χ0) is 14.5. The largest absolute Gasteiger partial charge is 0.378 e. The van der Waals surface area contributed by atoms with E-state index in [1.807, 2.05) is 0 Å². The van der Waals surface area contributed by atoms with Crippen LogP contribution in [0.4, 0.5) is 0 Å². The Kier molecular flexibility index (Phi) is 5.28. The van der Waals surface area contributed by atoms with Crippen LogP contribution in [0.3, 0.4) is 0 Å². The molecule has 0 radical (unpaired) electrons. The lowest BCUT2D eigenvalue weighted by Gasteiger charge is -2.43. The minimum atomic E-state index is 0.517. The quantitative estimate of drug-likeness (QED) is 0.901. The molecule has 21 heavy (non-hydrogen) atoms. The molecule has 0 spiro atoms. The van der Waals surface area contributed by atoms with Crippen LogP contribution >= 0.6 is 0 Å². The summed E-state index contributed by atoms with van der Waals surface area (Å²) >= 11 is 0. The second kappa shape index (κ2) is 7.39. The Balaban J connectivity index is 1.52. The van der Waals surface area contributed by atoms with Crippen LogP contribution in [0.5, 0.6) is 0 Å². The molecule has 1 atom stereocenters. The van der Waals surface area contributed by atoms with E-state index >= 15 is 0 Å². The average Bonchev–Trinajstić information content (AvgIpc) is 2.69. The van der Waals surface area contributed by atoms with E-state index in [0.29, 0.717) is 12.1 Å². The Hall–Kier alpha value is -0.900. The van der Waals surface area contributed by atoms with Crippen LogP contribution in [-0.2, 0) is 11.2 Å². The van der Waals surface area contributed by atoms with E-state index in [4.69, 9.17) is 4.74 Å². The SMILES string of the molecule is CCOC1CC(N2CCCNC(Cc3ccccc3)C2)C1. The molecule has 1 N–H and O–H groups in total. The predicted molar refractivity (Wildman–Crippen MR) is 86.6 cm³/mol. The minimum Gasteiger partial charge on any atom is -0.378 e. The Morgan fingerprint density at radius 3 is 2.81 bits per heavy atom. The maximum Gasteiger partial charge on any atom is 0.0604 e. The van der Waals surface area contributed by atoms with Crippen molar-refractivity contribution in [3.05, 3.63) is 35.9 Å². The first-order valence-electron chi connectivity index (χ1n) is 8.48. The summed E-state index contributed by atoms with van der Waals surface area (Å²) in [5.41, 5.74) is 1.44. The molecule has 116 valence electrons. The Labute approximate surface area is 128 Å². The van der Waals surface area contributed by atoms with Gasteiger partial charge in [0.15, 0.2) is 0 Å². The highest BCUT2D eigenvalue weighted by atomic mass is 16.5. The average molecular weight is 288 g/mol. The van der Waals surface area contributed by atoms with Crippen LogP contribution < -0.4 is 5.32 Å². The minimum absolute atomic E-state index is 0.517. The van der Waals surface area contributed by atoms with E-state index in [-0.39, 0.29) is 0 Å². The van der Waals surface area contributed by atoms with Gasteiger partial charge in [0.1, 0.15) is 0 Å². The number of nitrogens with one attached hydrogen (secondary N) is 1. The summed E-state index contributed by atoms with van der Waals surface area (Å²) in [4.78, 5) is 2.70. The van der Waals surface area contributed by atoms with Crippen molar-refractivity contribution in [3.8, 4) is 0 Å².